The molecule has 4 rings (SSSR count). The molecule has 1 aliphatic rings. The predicted molar refractivity (Wildman–Crippen MR) is 132 cm³/mol. The van der Waals surface area contributed by atoms with Crippen molar-refractivity contribution >= 4 is 40.1 Å². The van der Waals surface area contributed by atoms with Gasteiger partial charge in [-0.1, -0.05) is 17.3 Å². The second kappa shape index (κ2) is 11.4. The van der Waals surface area contributed by atoms with Crippen molar-refractivity contribution in [1.29, 1.82) is 0 Å². The summed E-state index contributed by atoms with van der Waals surface area (Å²) in [5.41, 5.74) is 1.97. The molecule has 186 valence electrons. The van der Waals surface area contributed by atoms with Gasteiger partial charge in [0.05, 0.1) is 30.8 Å². The Morgan fingerprint density at radius 1 is 1.23 bits per heavy atom. The largest absolute Gasteiger partial charge is 0.442 e. The van der Waals surface area contributed by atoms with Crippen LogP contribution in [0.25, 0.3) is 16.7 Å². The van der Waals surface area contributed by atoms with E-state index in [0.717, 1.165) is 0 Å². The minimum atomic E-state index is -0.554. The SMILES string of the molecule is CCOC(CNC(=S)NC[C@@H]1CN(c2ccc(-n3nnc4ccccc43)c(F)c2)C(=O)O1)OCC. The van der Waals surface area contributed by atoms with Crippen molar-refractivity contribution in [2.24, 2.45) is 0 Å². The molecule has 12 heteroatoms. The first-order valence-electron chi connectivity index (χ1n) is 11.3. The number of anilines is 1. The summed E-state index contributed by atoms with van der Waals surface area (Å²) in [5, 5.41) is 14.5. The molecule has 1 aromatic heterocycles. The van der Waals surface area contributed by atoms with Crippen molar-refractivity contribution in [2.45, 2.75) is 26.2 Å². The van der Waals surface area contributed by atoms with Gasteiger partial charge in [0.25, 0.3) is 0 Å². The first-order chi connectivity index (χ1) is 17.0. The molecule has 0 unspecified atom stereocenters. The van der Waals surface area contributed by atoms with Crippen LogP contribution in [-0.2, 0) is 14.2 Å². The summed E-state index contributed by atoms with van der Waals surface area (Å²) in [7, 11) is 0. The van der Waals surface area contributed by atoms with Crippen LogP contribution in [0.15, 0.2) is 42.5 Å². The number of amides is 1. The molecule has 10 nitrogen and oxygen atoms in total. The van der Waals surface area contributed by atoms with Crippen molar-refractivity contribution in [3.63, 3.8) is 0 Å². The number of fused-ring (bicyclic) bond motifs is 1. The maximum absolute atomic E-state index is 15.0. The fourth-order valence-electron chi connectivity index (χ4n) is 3.70. The standard InChI is InChI=1S/C23H27FN6O4S/c1-3-32-21(33-4-2)13-26-22(35)25-12-16-14-29(23(31)34-16)15-9-10-19(17(24)11-15)30-20-8-6-5-7-18(20)27-28-30/h5-11,16,21H,3-4,12-14H2,1-2H3,(H2,25,26,35)/t16-/m1/s1. The van der Waals surface area contributed by atoms with Gasteiger partial charge in [-0.15, -0.1) is 5.10 Å². The van der Waals surface area contributed by atoms with Gasteiger partial charge in [0.15, 0.2) is 17.2 Å². The lowest BCUT2D eigenvalue weighted by molar-refractivity contribution is -0.131. The van der Waals surface area contributed by atoms with E-state index in [1.807, 2.05) is 32.0 Å². The van der Waals surface area contributed by atoms with Gasteiger partial charge in [0, 0.05) is 13.2 Å². The minimum Gasteiger partial charge on any atom is -0.442 e. The summed E-state index contributed by atoms with van der Waals surface area (Å²) < 4.78 is 32.8. The second-order valence-electron chi connectivity index (χ2n) is 7.67. The van der Waals surface area contributed by atoms with Crippen LogP contribution in [0, 0.1) is 5.82 Å². The maximum atomic E-state index is 15.0. The Morgan fingerprint density at radius 3 is 2.74 bits per heavy atom. The molecule has 1 aliphatic heterocycles. The van der Waals surface area contributed by atoms with Crippen molar-refractivity contribution in [3.8, 4) is 5.69 Å². The summed E-state index contributed by atoms with van der Waals surface area (Å²) in [4.78, 5) is 13.8. The van der Waals surface area contributed by atoms with Gasteiger partial charge in [0.1, 0.15) is 17.3 Å². The van der Waals surface area contributed by atoms with E-state index >= 15 is 4.39 Å². The molecule has 2 N–H and O–H groups in total. The molecule has 2 heterocycles. The summed E-state index contributed by atoms with van der Waals surface area (Å²) in [6, 6.07) is 11.8. The van der Waals surface area contributed by atoms with Crippen LogP contribution in [-0.4, -0.2) is 71.4 Å². The predicted octanol–water partition coefficient (Wildman–Crippen LogP) is 2.75. The highest BCUT2D eigenvalue weighted by Crippen LogP contribution is 2.26. The van der Waals surface area contributed by atoms with Crippen LogP contribution in [0.1, 0.15) is 13.8 Å². The number of cyclic esters (lactones) is 1. The molecule has 0 spiro atoms. The van der Waals surface area contributed by atoms with Crippen molar-refractivity contribution < 1.29 is 23.4 Å². The van der Waals surface area contributed by atoms with Crippen LogP contribution in [0.5, 0.6) is 0 Å². The average molecular weight is 503 g/mol. The Morgan fingerprint density at radius 2 is 2.00 bits per heavy atom. The highest BCUT2D eigenvalue weighted by molar-refractivity contribution is 7.80. The van der Waals surface area contributed by atoms with Crippen molar-refractivity contribution in [2.75, 3.05) is 37.7 Å². The molecule has 0 aliphatic carbocycles. The summed E-state index contributed by atoms with van der Waals surface area (Å²) in [6.45, 7) is 5.76. The number of rotatable bonds is 10. The van der Waals surface area contributed by atoms with Crippen LogP contribution in [0.4, 0.5) is 14.9 Å². The number of para-hydroxylation sites is 1. The quantitative estimate of drug-likeness (QED) is 0.320. The van der Waals surface area contributed by atoms with Gasteiger partial charge in [0.2, 0.25) is 0 Å². The first kappa shape index (κ1) is 24.8. The van der Waals surface area contributed by atoms with Crippen molar-refractivity contribution in [1.82, 2.24) is 25.6 Å². The zero-order valence-corrected chi connectivity index (χ0v) is 20.3. The lowest BCUT2D eigenvalue weighted by atomic mass is 10.2. The topological polar surface area (TPSA) is 103 Å². The van der Waals surface area contributed by atoms with E-state index in [0.29, 0.717) is 48.1 Å². The van der Waals surface area contributed by atoms with Crippen LogP contribution in [0.2, 0.25) is 0 Å². The van der Waals surface area contributed by atoms with Gasteiger partial charge in [-0.25, -0.2) is 13.9 Å². The van der Waals surface area contributed by atoms with Gasteiger partial charge < -0.3 is 24.8 Å². The van der Waals surface area contributed by atoms with Gasteiger partial charge in [-0.2, -0.15) is 0 Å². The third kappa shape index (κ3) is 5.84. The highest BCUT2D eigenvalue weighted by Gasteiger charge is 2.33. The van der Waals surface area contributed by atoms with E-state index in [1.165, 1.54) is 15.6 Å². The van der Waals surface area contributed by atoms with Crippen LogP contribution >= 0.6 is 12.2 Å². The number of nitrogens with one attached hydrogen (secondary N) is 2. The van der Waals surface area contributed by atoms with Crippen LogP contribution < -0.4 is 15.5 Å². The van der Waals surface area contributed by atoms with Gasteiger partial charge in [-0.3, -0.25) is 4.90 Å². The summed E-state index contributed by atoms with van der Waals surface area (Å²) in [5.74, 6) is -0.531. The number of ether oxygens (including phenoxy) is 3. The molecule has 0 bridgehead atoms. The van der Waals surface area contributed by atoms with E-state index in [-0.39, 0.29) is 12.2 Å². The zero-order chi connectivity index (χ0) is 24.8. The molecule has 0 radical (unpaired) electrons. The van der Waals surface area contributed by atoms with Gasteiger partial charge >= 0.3 is 6.09 Å². The third-order valence-electron chi connectivity index (χ3n) is 5.32. The number of aromatic nitrogens is 3. The average Bonchev–Trinajstić information content (AvgIpc) is 3.45. The molecule has 3 aromatic rings. The number of benzene rings is 2. The number of thiocarbonyl (C=S) groups is 1. The fraction of sp³-hybridized carbons (Fsp3) is 0.391. The number of halogens is 1. The zero-order valence-electron chi connectivity index (χ0n) is 19.4. The molecule has 1 atom stereocenters. The Labute approximate surface area is 207 Å². The Kier molecular flexibility index (Phi) is 8.06. The first-order valence-corrected chi connectivity index (χ1v) is 11.7. The van der Waals surface area contributed by atoms with E-state index in [2.05, 4.69) is 20.9 Å². The molecule has 1 fully saturated rings. The van der Waals surface area contributed by atoms with Gasteiger partial charge in [-0.05, 0) is 56.4 Å². The number of carbonyl (C=O) groups is 1. The molecule has 2 aromatic carbocycles. The molecule has 0 saturated carbocycles. The molecule has 35 heavy (non-hydrogen) atoms. The van der Waals surface area contributed by atoms with Crippen molar-refractivity contribution in [3.05, 3.63) is 48.3 Å². The summed E-state index contributed by atoms with van der Waals surface area (Å²) >= 11 is 5.28. The number of hydrogen-bond acceptors (Lipinski definition) is 7. The van der Waals surface area contributed by atoms with E-state index in [1.54, 1.807) is 18.2 Å². The monoisotopic (exact) mass is 502 g/mol. The normalized spacial score (nSPS) is 15.6. The number of nitrogens with zero attached hydrogens (tertiary/aromatic N) is 4. The Hall–Kier alpha value is -3.35. The second-order valence-corrected chi connectivity index (χ2v) is 8.08. The highest BCUT2D eigenvalue weighted by atomic mass is 32.1. The smallest absolute Gasteiger partial charge is 0.414 e. The maximum Gasteiger partial charge on any atom is 0.414 e. The molecule has 1 amide bonds. The lowest BCUT2D eigenvalue weighted by Crippen LogP contribution is -2.44. The fourth-order valence-corrected chi connectivity index (χ4v) is 3.87. The molecular weight excluding hydrogens is 475 g/mol. The Bertz CT molecular complexity index is 1190. The lowest BCUT2D eigenvalue weighted by Gasteiger charge is -2.19. The minimum absolute atomic E-state index is 0.238. The number of carbonyl (C=O) groups excluding carboxylic acids is 1. The number of hydrogen-bond donors (Lipinski definition) is 2. The Balaban J connectivity index is 1.34. The molecule has 1 saturated heterocycles. The van der Waals surface area contributed by atoms with E-state index in [9.17, 15) is 4.79 Å². The molecular formula is C23H27FN6O4S. The van der Waals surface area contributed by atoms with Crippen LogP contribution in [0.3, 0.4) is 0 Å². The van der Waals surface area contributed by atoms with E-state index < -0.39 is 24.3 Å². The summed E-state index contributed by atoms with van der Waals surface area (Å²) in [6.07, 6.45) is -1.42. The third-order valence-corrected chi connectivity index (χ3v) is 5.61. The van der Waals surface area contributed by atoms with E-state index in [4.69, 9.17) is 26.4 Å².